The van der Waals surface area contributed by atoms with Crippen LogP contribution in [-0.2, 0) is 29.4 Å². The Balaban J connectivity index is 1.13. The lowest BCUT2D eigenvalue weighted by atomic mass is 9.72. The number of benzene rings is 1. The first-order valence-corrected chi connectivity index (χ1v) is 18.2. The lowest BCUT2D eigenvalue weighted by Gasteiger charge is -2.44. The van der Waals surface area contributed by atoms with E-state index >= 15 is 0 Å². The van der Waals surface area contributed by atoms with Crippen LogP contribution in [0.3, 0.4) is 0 Å². The van der Waals surface area contributed by atoms with Gasteiger partial charge in [-0.15, -0.1) is 5.10 Å². The summed E-state index contributed by atoms with van der Waals surface area (Å²) in [7, 11) is 1.80. The van der Waals surface area contributed by atoms with Crippen molar-refractivity contribution in [2.75, 3.05) is 36.0 Å². The summed E-state index contributed by atoms with van der Waals surface area (Å²) in [5, 5.41) is 8.45. The van der Waals surface area contributed by atoms with E-state index in [-0.39, 0.29) is 29.3 Å². The zero-order valence-corrected chi connectivity index (χ0v) is 29.9. The van der Waals surface area contributed by atoms with Gasteiger partial charge in [-0.1, -0.05) is 24.3 Å². The van der Waals surface area contributed by atoms with Gasteiger partial charge in [0.2, 0.25) is 0 Å². The Hall–Kier alpha value is -4.45. The van der Waals surface area contributed by atoms with Crippen LogP contribution < -0.4 is 20.7 Å². The highest BCUT2D eigenvalue weighted by atomic mass is 16.6. The third kappa shape index (κ3) is 5.71. The van der Waals surface area contributed by atoms with E-state index in [1.54, 1.807) is 11.6 Å². The van der Waals surface area contributed by atoms with Gasteiger partial charge in [0.1, 0.15) is 5.60 Å². The van der Waals surface area contributed by atoms with Gasteiger partial charge in [0.15, 0.2) is 29.0 Å². The van der Waals surface area contributed by atoms with E-state index in [0.717, 1.165) is 105 Å². The maximum Gasteiger partial charge on any atom is 0.408 e. The number of rotatable bonds is 4. The highest BCUT2D eigenvalue weighted by Crippen LogP contribution is 2.52. The minimum atomic E-state index is -0.572. The van der Waals surface area contributed by atoms with Gasteiger partial charge in [0.25, 0.3) is 5.56 Å². The molecule has 6 heterocycles. The lowest BCUT2D eigenvalue weighted by Crippen LogP contribution is -2.48. The number of nitrogens with zero attached hydrogens (tertiary/aromatic N) is 7. The minimum Gasteiger partial charge on any atom is -0.444 e. The maximum absolute atomic E-state index is 13.1. The van der Waals surface area contributed by atoms with Crippen LogP contribution in [0.1, 0.15) is 94.0 Å². The average molecular weight is 681 g/mol. The molecule has 1 spiro atoms. The summed E-state index contributed by atoms with van der Waals surface area (Å²) in [5.41, 5.74) is 5.82. The summed E-state index contributed by atoms with van der Waals surface area (Å²) in [6, 6.07) is 10.4. The molecule has 50 heavy (non-hydrogen) atoms. The van der Waals surface area contributed by atoms with Gasteiger partial charge in [-0.25, -0.2) is 19.4 Å². The second-order valence-corrected chi connectivity index (χ2v) is 15.5. The van der Waals surface area contributed by atoms with Crippen molar-refractivity contribution in [2.45, 2.75) is 96.9 Å². The summed E-state index contributed by atoms with van der Waals surface area (Å²) >= 11 is 0. The second kappa shape index (κ2) is 12.4. The maximum atomic E-state index is 13.1. The Kier molecular flexibility index (Phi) is 8.12. The predicted molar refractivity (Wildman–Crippen MR) is 192 cm³/mol. The van der Waals surface area contributed by atoms with Crippen molar-refractivity contribution in [3.8, 4) is 0 Å². The fourth-order valence-electron chi connectivity index (χ4n) is 8.60. The number of anilines is 3. The average Bonchev–Trinajstić information content (AvgIpc) is 3.60. The Labute approximate surface area is 292 Å². The second-order valence-electron chi connectivity index (χ2n) is 15.5. The Morgan fingerprint density at radius 1 is 1.04 bits per heavy atom. The lowest BCUT2D eigenvalue weighted by molar-refractivity contribution is -0.0368. The first-order chi connectivity index (χ1) is 24.0. The molecule has 2 fully saturated rings. The summed E-state index contributed by atoms with van der Waals surface area (Å²) < 4.78 is 15.6. The van der Waals surface area contributed by atoms with E-state index < -0.39 is 5.60 Å². The summed E-state index contributed by atoms with van der Waals surface area (Å²) in [5.74, 6) is 1.58. The quantitative estimate of drug-likeness (QED) is 0.276. The Bertz CT molecular complexity index is 2000. The molecule has 0 saturated carbocycles. The molecule has 3 aromatic heterocycles. The van der Waals surface area contributed by atoms with Crippen molar-refractivity contribution in [3.63, 3.8) is 0 Å². The number of pyridine rings is 1. The largest absolute Gasteiger partial charge is 0.444 e. The molecule has 4 aromatic rings. The molecule has 12 heteroatoms. The number of amides is 1. The van der Waals surface area contributed by atoms with Crippen LogP contribution in [0.15, 0.2) is 41.3 Å². The van der Waals surface area contributed by atoms with E-state index in [1.165, 1.54) is 11.1 Å². The number of carbonyl (C=O) groups is 1. The third-order valence-corrected chi connectivity index (χ3v) is 11.0. The Morgan fingerprint density at radius 2 is 1.84 bits per heavy atom. The van der Waals surface area contributed by atoms with Gasteiger partial charge < -0.3 is 29.2 Å². The van der Waals surface area contributed by atoms with Crippen LogP contribution >= 0.6 is 0 Å². The fraction of sp³-hybridized carbons (Fsp3) is 0.553. The molecule has 1 amide bonds. The number of hydrogen-bond donors (Lipinski definition) is 1. The van der Waals surface area contributed by atoms with Gasteiger partial charge in [0.05, 0.1) is 17.4 Å². The molecule has 4 aliphatic rings. The van der Waals surface area contributed by atoms with Gasteiger partial charge in [-0.3, -0.25) is 4.79 Å². The van der Waals surface area contributed by atoms with Crippen molar-refractivity contribution < 1.29 is 14.3 Å². The van der Waals surface area contributed by atoms with Crippen LogP contribution in [0, 0.1) is 12.3 Å². The highest BCUT2D eigenvalue weighted by Gasteiger charge is 2.49. The van der Waals surface area contributed by atoms with Crippen molar-refractivity contribution in [1.29, 1.82) is 0 Å². The van der Waals surface area contributed by atoms with Crippen LogP contribution in [0.25, 0.3) is 11.2 Å². The highest BCUT2D eigenvalue weighted by molar-refractivity contribution is 5.89. The number of aryl methyl sites for hydroxylation is 2. The van der Waals surface area contributed by atoms with E-state index in [2.05, 4.69) is 39.4 Å². The molecule has 264 valence electrons. The molecule has 1 aromatic carbocycles. The van der Waals surface area contributed by atoms with Crippen LogP contribution in [0.4, 0.5) is 22.1 Å². The minimum absolute atomic E-state index is 0.0351. The molecule has 12 nitrogen and oxygen atoms in total. The molecule has 0 radical (unpaired) electrons. The summed E-state index contributed by atoms with van der Waals surface area (Å²) in [6.45, 7) is 10.7. The number of fused-ring (bicyclic) bond motifs is 3. The van der Waals surface area contributed by atoms with Gasteiger partial charge >= 0.3 is 6.09 Å². The number of piperidine rings is 1. The number of hydrogen-bond acceptors (Lipinski definition) is 9. The van der Waals surface area contributed by atoms with Crippen molar-refractivity contribution in [2.24, 2.45) is 12.5 Å². The van der Waals surface area contributed by atoms with Crippen LogP contribution in [0.5, 0.6) is 0 Å². The van der Waals surface area contributed by atoms with Gasteiger partial charge in [-0.2, -0.15) is 0 Å². The molecule has 2 atom stereocenters. The molecular weight excluding hydrogens is 632 g/mol. The zero-order chi connectivity index (χ0) is 34.8. The number of aromatic nitrogens is 5. The number of nitrogens with one attached hydrogen (secondary N) is 1. The number of carbonyl (C=O) groups excluding carboxylic acids is 1. The van der Waals surface area contributed by atoms with Gasteiger partial charge in [-0.05, 0) is 96.3 Å². The van der Waals surface area contributed by atoms with Gasteiger partial charge in [0, 0.05) is 50.5 Å². The molecule has 8 rings (SSSR count). The molecule has 0 bridgehead atoms. The first-order valence-electron chi connectivity index (χ1n) is 18.2. The normalized spacial score (nSPS) is 21.7. The van der Waals surface area contributed by atoms with E-state index in [1.807, 2.05) is 44.6 Å². The first kappa shape index (κ1) is 32.7. The van der Waals surface area contributed by atoms with E-state index in [4.69, 9.17) is 24.5 Å². The van der Waals surface area contributed by atoms with Crippen molar-refractivity contribution >= 4 is 34.6 Å². The zero-order valence-electron chi connectivity index (χ0n) is 29.9. The SMILES string of the molecule is Cc1nc2c(N3CCCc4c3ccn(C)c4=O)nn(C3CCCCO3)c2nc1N1CCC2(CC1)Cc1ccccc1[C@H]2NC(=O)OC(C)(C)C. The molecular formula is C38H48N8O4. The third-order valence-electron chi connectivity index (χ3n) is 11.0. The molecule has 1 N–H and O–H groups in total. The van der Waals surface area contributed by atoms with Crippen LogP contribution in [0.2, 0.25) is 0 Å². The molecule has 2 saturated heterocycles. The fourth-order valence-corrected chi connectivity index (χ4v) is 8.60. The summed E-state index contributed by atoms with van der Waals surface area (Å²) in [4.78, 5) is 41.2. The molecule has 1 unspecified atom stereocenters. The smallest absolute Gasteiger partial charge is 0.408 e. The topological polar surface area (TPSA) is 120 Å². The van der Waals surface area contributed by atoms with E-state index in [0.29, 0.717) is 12.3 Å². The van der Waals surface area contributed by atoms with E-state index in [9.17, 15) is 9.59 Å². The molecule has 3 aliphatic heterocycles. The number of alkyl carbamates (subject to hydrolysis) is 1. The Morgan fingerprint density at radius 3 is 2.60 bits per heavy atom. The van der Waals surface area contributed by atoms with Crippen molar-refractivity contribution in [1.82, 2.24) is 29.6 Å². The monoisotopic (exact) mass is 680 g/mol. The molecule has 1 aliphatic carbocycles. The predicted octanol–water partition coefficient (Wildman–Crippen LogP) is 6.03. The van der Waals surface area contributed by atoms with Crippen LogP contribution in [-0.4, -0.2) is 62.3 Å². The van der Waals surface area contributed by atoms with Crippen molar-refractivity contribution in [3.05, 3.63) is 69.3 Å². The standard InChI is InChI=1S/C38H48N8O4/c1-24-32(44-20-16-38(17-21-44)23-25-11-6-7-12-26(25)31(38)40-36(48)50-37(2,3)4)41-33-30(39-24)34(42-46(33)29-14-8-9-22-49-29)45-18-10-13-27-28(45)15-19-43(5)35(27)47/h6-7,11-12,15,19,29,31H,8-10,13-14,16-18,20-23H2,1-5H3,(H,40,48)/t29?,31-/m1/s1. The number of ether oxygens (including phenoxy) is 2. The summed E-state index contributed by atoms with van der Waals surface area (Å²) in [6.07, 6.45) is 8.47.